The van der Waals surface area contributed by atoms with E-state index in [1.807, 2.05) is 4.90 Å². The molecule has 1 heterocycles. The van der Waals surface area contributed by atoms with E-state index < -0.39 is 0 Å². The fraction of sp³-hybridized carbons (Fsp3) is 0.929. The smallest absolute Gasteiger partial charge is 0.225 e. The van der Waals surface area contributed by atoms with E-state index in [4.69, 9.17) is 5.73 Å². The molecule has 2 rings (SSSR count). The van der Waals surface area contributed by atoms with Crippen LogP contribution in [0.2, 0.25) is 0 Å². The quantitative estimate of drug-likeness (QED) is 0.800. The van der Waals surface area contributed by atoms with Gasteiger partial charge in [0, 0.05) is 19.0 Å². The van der Waals surface area contributed by atoms with Crippen molar-refractivity contribution >= 4 is 5.91 Å². The standard InChI is InChI=1S/C14H26N2O/c1-10(2)14(15)8-16(9-14)13(17)12-6-4-11(3)5-7-12/h10-12H,4-9,15H2,1-3H3. The van der Waals surface area contributed by atoms with E-state index >= 15 is 0 Å². The van der Waals surface area contributed by atoms with Crippen molar-refractivity contribution in [1.29, 1.82) is 0 Å². The van der Waals surface area contributed by atoms with Crippen molar-refractivity contribution in [2.45, 2.75) is 52.0 Å². The highest BCUT2D eigenvalue weighted by molar-refractivity contribution is 5.80. The van der Waals surface area contributed by atoms with Gasteiger partial charge in [-0.2, -0.15) is 0 Å². The van der Waals surface area contributed by atoms with Crippen molar-refractivity contribution in [3.05, 3.63) is 0 Å². The van der Waals surface area contributed by atoms with Crippen LogP contribution >= 0.6 is 0 Å². The summed E-state index contributed by atoms with van der Waals surface area (Å²) in [5, 5.41) is 0. The molecule has 1 amide bonds. The van der Waals surface area contributed by atoms with Crippen molar-refractivity contribution in [3.8, 4) is 0 Å². The molecule has 0 aromatic heterocycles. The van der Waals surface area contributed by atoms with Crippen LogP contribution in [-0.2, 0) is 4.79 Å². The molecule has 1 saturated heterocycles. The molecule has 0 radical (unpaired) electrons. The number of carbonyl (C=O) groups excluding carboxylic acids is 1. The van der Waals surface area contributed by atoms with Crippen LogP contribution in [0.1, 0.15) is 46.5 Å². The first-order valence-electron chi connectivity index (χ1n) is 7.00. The minimum absolute atomic E-state index is 0.127. The average molecular weight is 238 g/mol. The second kappa shape index (κ2) is 4.60. The van der Waals surface area contributed by atoms with Gasteiger partial charge in [-0.15, -0.1) is 0 Å². The van der Waals surface area contributed by atoms with Gasteiger partial charge in [-0.05, 0) is 37.5 Å². The zero-order valence-corrected chi connectivity index (χ0v) is 11.4. The largest absolute Gasteiger partial charge is 0.339 e. The van der Waals surface area contributed by atoms with Gasteiger partial charge in [-0.1, -0.05) is 20.8 Å². The number of hydrogen-bond acceptors (Lipinski definition) is 2. The molecule has 0 bridgehead atoms. The Bertz CT molecular complexity index is 287. The summed E-state index contributed by atoms with van der Waals surface area (Å²) in [6.45, 7) is 8.09. The molecule has 0 aromatic rings. The van der Waals surface area contributed by atoms with Crippen molar-refractivity contribution in [3.63, 3.8) is 0 Å². The maximum atomic E-state index is 12.3. The van der Waals surface area contributed by atoms with Crippen LogP contribution in [0.15, 0.2) is 0 Å². The molecule has 1 saturated carbocycles. The van der Waals surface area contributed by atoms with Crippen molar-refractivity contribution in [2.75, 3.05) is 13.1 Å². The van der Waals surface area contributed by atoms with Gasteiger partial charge in [0.05, 0.1) is 5.54 Å². The van der Waals surface area contributed by atoms with Gasteiger partial charge in [0.2, 0.25) is 5.91 Å². The molecule has 1 aliphatic heterocycles. The lowest BCUT2D eigenvalue weighted by atomic mass is 9.77. The van der Waals surface area contributed by atoms with Crippen LogP contribution in [0.25, 0.3) is 0 Å². The molecule has 98 valence electrons. The van der Waals surface area contributed by atoms with Gasteiger partial charge < -0.3 is 10.6 Å². The summed E-state index contributed by atoms with van der Waals surface area (Å²) in [5.74, 6) is 1.90. The average Bonchev–Trinajstić information content (AvgIpc) is 2.24. The summed E-state index contributed by atoms with van der Waals surface area (Å²) in [4.78, 5) is 14.2. The number of nitrogens with two attached hydrogens (primary N) is 1. The maximum absolute atomic E-state index is 12.3. The summed E-state index contributed by atoms with van der Waals surface area (Å²) in [6.07, 6.45) is 4.58. The topological polar surface area (TPSA) is 46.3 Å². The molecule has 0 aromatic carbocycles. The summed E-state index contributed by atoms with van der Waals surface area (Å²) in [6, 6.07) is 0. The number of hydrogen-bond donors (Lipinski definition) is 1. The van der Waals surface area contributed by atoms with Crippen LogP contribution in [-0.4, -0.2) is 29.4 Å². The molecule has 2 fully saturated rings. The Labute approximate surface area is 105 Å². The summed E-state index contributed by atoms with van der Waals surface area (Å²) in [5.41, 5.74) is 6.10. The second-order valence-corrected chi connectivity index (χ2v) is 6.54. The third kappa shape index (κ3) is 2.49. The Hall–Kier alpha value is -0.570. The highest BCUT2D eigenvalue weighted by Gasteiger charge is 2.45. The number of carbonyl (C=O) groups is 1. The Morgan fingerprint density at radius 2 is 1.76 bits per heavy atom. The monoisotopic (exact) mass is 238 g/mol. The molecule has 3 heteroatoms. The van der Waals surface area contributed by atoms with Crippen LogP contribution in [0.3, 0.4) is 0 Å². The van der Waals surface area contributed by atoms with Crippen LogP contribution in [0.5, 0.6) is 0 Å². The summed E-state index contributed by atoms with van der Waals surface area (Å²) in [7, 11) is 0. The van der Waals surface area contributed by atoms with Crippen LogP contribution < -0.4 is 5.73 Å². The Kier molecular flexibility index (Phi) is 3.48. The van der Waals surface area contributed by atoms with E-state index in [-0.39, 0.29) is 11.5 Å². The molecule has 2 N–H and O–H groups in total. The predicted molar refractivity (Wildman–Crippen MR) is 69.5 cm³/mol. The lowest BCUT2D eigenvalue weighted by Crippen LogP contribution is -2.71. The first kappa shape index (κ1) is 12.9. The first-order valence-corrected chi connectivity index (χ1v) is 7.00. The number of amides is 1. The van der Waals surface area contributed by atoms with Crippen LogP contribution in [0.4, 0.5) is 0 Å². The summed E-state index contributed by atoms with van der Waals surface area (Å²) < 4.78 is 0. The molecule has 0 spiro atoms. The van der Waals surface area contributed by atoms with Crippen LogP contribution in [0, 0.1) is 17.8 Å². The molecule has 0 atom stereocenters. The van der Waals surface area contributed by atoms with E-state index in [1.165, 1.54) is 12.8 Å². The normalized spacial score (nSPS) is 32.4. The van der Waals surface area contributed by atoms with E-state index in [2.05, 4.69) is 20.8 Å². The van der Waals surface area contributed by atoms with Gasteiger partial charge in [0.25, 0.3) is 0 Å². The van der Waals surface area contributed by atoms with E-state index in [0.29, 0.717) is 11.8 Å². The molecule has 0 unspecified atom stereocenters. The predicted octanol–water partition coefficient (Wildman–Crippen LogP) is 2.01. The SMILES string of the molecule is CC1CCC(C(=O)N2CC(N)(C(C)C)C2)CC1. The zero-order valence-electron chi connectivity index (χ0n) is 11.4. The first-order chi connectivity index (χ1) is 7.92. The van der Waals surface area contributed by atoms with Gasteiger partial charge in [0.1, 0.15) is 0 Å². The van der Waals surface area contributed by atoms with Gasteiger partial charge >= 0.3 is 0 Å². The van der Waals surface area contributed by atoms with Gasteiger partial charge in [-0.25, -0.2) is 0 Å². The highest BCUT2D eigenvalue weighted by atomic mass is 16.2. The van der Waals surface area contributed by atoms with E-state index in [0.717, 1.165) is 31.8 Å². The Balaban J connectivity index is 1.83. The highest BCUT2D eigenvalue weighted by Crippen LogP contribution is 2.33. The van der Waals surface area contributed by atoms with Crippen molar-refractivity contribution in [1.82, 2.24) is 4.90 Å². The molecule has 2 aliphatic rings. The fourth-order valence-electron chi connectivity index (χ4n) is 2.95. The van der Waals surface area contributed by atoms with E-state index in [9.17, 15) is 4.79 Å². The van der Waals surface area contributed by atoms with Crippen molar-refractivity contribution in [2.24, 2.45) is 23.5 Å². The fourth-order valence-corrected chi connectivity index (χ4v) is 2.95. The molecule has 3 nitrogen and oxygen atoms in total. The number of nitrogens with zero attached hydrogens (tertiary/aromatic N) is 1. The van der Waals surface area contributed by atoms with Gasteiger partial charge in [-0.3, -0.25) is 4.79 Å². The Morgan fingerprint density at radius 1 is 1.24 bits per heavy atom. The number of rotatable bonds is 2. The third-order valence-corrected chi connectivity index (χ3v) is 4.80. The minimum Gasteiger partial charge on any atom is -0.339 e. The Morgan fingerprint density at radius 3 is 2.24 bits per heavy atom. The lowest BCUT2D eigenvalue weighted by molar-refractivity contribution is -0.145. The molecular formula is C14H26N2O. The molecule has 1 aliphatic carbocycles. The van der Waals surface area contributed by atoms with Crippen molar-refractivity contribution < 1.29 is 4.79 Å². The minimum atomic E-state index is -0.127. The molecule has 17 heavy (non-hydrogen) atoms. The molecular weight excluding hydrogens is 212 g/mol. The number of likely N-dealkylation sites (tertiary alicyclic amines) is 1. The third-order valence-electron chi connectivity index (χ3n) is 4.80. The second-order valence-electron chi connectivity index (χ2n) is 6.54. The lowest BCUT2D eigenvalue weighted by Gasteiger charge is -2.51. The van der Waals surface area contributed by atoms with Gasteiger partial charge in [0.15, 0.2) is 0 Å². The van der Waals surface area contributed by atoms with E-state index in [1.54, 1.807) is 0 Å². The zero-order chi connectivity index (χ0) is 12.6. The maximum Gasteiger partial charge on any atom is 0.225 e. The summed E-state index contributed by atoms with van der Waals surface area (Å²) >= 11 is 0.